The van der Waals surface area contributed by atoms with Crippen LogP contribution in [0.4, 0.5) is 11.4 Å². The largest absolute Gasteiger partial charge is 0.491 e. The number of hydrogen-bond donors (Lipinski definition) is 2. The van der Waals surface area contributed by atoms with Crippen molar-refractivity contribution in [2.45, 2.75) is 40.2 Å². The number of amides is 2. The summed E-state index contributed by atoms with van der Waals surface area (Å²) < 4.78 is 5.76. The monoisotopic (exact) mass is 354 g/mol. The van der Waals surface area contributed by atoms with E-state index < -0.39 is 0 Å². The van der Waals surface area contributed by atoms with Crippen molar-refractivity contribution in [1.82, 2.24) is 0 Å². The summed E-state index contributed by atoms with van der Waals surface area (Å²) in [5.74, 6) is 0.266. The van der Waals surface area contributed by atoms with Crippen LogP contribution in [0, 0.1) is 5.92 Å². The lowest BCUT2D eigenvalue weighted by Crippen LogP contribution is -2.18. The molecule has 2 rings (SSSR count). The number of anilines is 2. The van der Waals surface area contributed by atoms with Gasteiger partial charge in [0.1, 0.15) is 5.75 Å². The van der Waals surface area contributed by atoms with Crippen molar-refractivity contribution in [3.8, 4) is 5.75 Å². The molecule has 0 aliphatic carbocycles. The first-order valence-electron chi connectivity index (χ1n) is 8.88. The minimum atomic E-state index is -0.230. The van der Waals surface area contributed by atoms with E-state index in [0.717, 1.165) is 6.42 Å². The van der Waals surface area contributed by atoms with Crippen LogP contribution in [-0.2, 0) is 4.79 Å². The summed E-state index contributed by atoms with van der Waals surface area (Å²) in [6.45, 7) is 7.70. The number of carbonyl (C=O) groups is 2. The molecule has 0 fully saturated rings. The van der Waals surface area contributed by atoms with Gasteiger partial charge in [-0.1, -0.05) is 32.9 Å². The van der Waals surface area contributed by atoms with Crippen molar-refractivity contribution >= 4 is 23.2 Å². The number of ether oxygens (including phenoxy) is 1. The Morgan fingerprint density at radius 3 is 2.27 bits per heavy atom. The first kappa shape index (κ1) is 19.5. The van der Waals surface area contributed by atoms with Crippen LogP contribution in [0.15, 0.2) is 48.5 Å². The molecule has 0 aliphatic rings. The average Bonchev–Trinajstić information content (AvgIpc) is 2.62. The molecule has 2 amide bonds. The zero-order valence-electron chi connectivity index (χ0n) is 15.7. The maximum atomic E-state index is 12.5. The van der Waals surface area contributed by atoms with Crippen molar-refractivity contribution in [2.75, 3.05) is 10.6 Å². The quantitative estimate of drug-likeness (QED) is 0.756. The van der Waals surface area contributed by atoms with Crippen LogP contribution >= 0.6 is 0 Å². The summed E-state index contributed by atoms with van der Waals surface area (Å²) in [5.41, 5.74) is 1.78. The van der Waals surface area contributed by atoms with E-state index in [2.05, 4.69) is 10.6 Å². The Hall–Kier alpha value is -2.82. The molecule has 0 aliphatic heterocycles. The standard InChI is InChI=1S/C21H26N2O3/c1-5-15(4)26-19-11-6-8-16(12-19)21(25)23-18-10-7-9-17(13-18)22-20(24)14(2)3/h6-15H,5H2,1-4H3,(H,22,24)(H,23,25)/t15-/m1/s1. The van der Waals surface area contributed by atoms with Gasteiger partial charge in [-0.2, -0.15) is 0 Å². The predicted molar refractivity (Wildman–Crippen MR) is 105 cm³/mol. The van der Waals surface area contributed by atoms with Gasteiger partial charge in [-0.25, -0.2) is 0 Å². The SMILES string of the molecule is CC[C@@H](C)Oc1cccc(C(=O)Nc2cccc(NC(=O)C(C)C)c2)c1. The number of hydrogen-bond acceptors (Lipinski definition) is 3. The average molecular weight is 354 g/mol. The molecule has 5 nitrogen and oxygen atoms in total. The van der Waals surface area contributed by atoms with Crippen LogP contribution in [0.3, 0.4) is 0 Å². The Kier molecular flexibility index (Phi) is 6.78. The first-order chi connectivity index (χ1) is 12.4. The van der Waals surface area contributed by atoms with E-state index in [1.165, 1.54) is 0 Å². The van der Waals surface area contributed by atoms with Crippen molar-refractivity contribution in [1.29, 1.82) is 0 Å². The van der Waals surface area contributed by atoms with E-state index in [9.17, 15) is 9.59 Å². The van der Waals surface area contributed by atoms with Crippen LogP contribution in [0.5, 0.6) is 5.75 Å². The molecule has 2 N–H and O–H groups in total. The van der Waals surface area contributed by atoms with Crippen LogP contribution in [0.1, 0.15) is 44.5 Å². The topological polar surface area (TPSA) is 67.4 Å². The number of benzene rings is 2. The second-order valence-corrected chi connectivity index (χ2v) is 6.54. The van der Waals surface area contributed by atoms with Gasteiger partial charge in [0.05, 0.1) is 6.10 Å². The molecule has 0 heterocycles. The molecule has 1 atom stereocenters. The van der Waals surface area contributed by atoms with E-state index in [1.807, 2.05) is 33.8 Å². The first-order valence-corrected chi connectivity index (χ1v) is 8.88. The fourth-order valence-corrected chi connectivity index (χ4v) is 2.19. The smallest absolute Gasteiger partial charge is 0.255 e. The third-order valence-corrected chi connectivity index (χ3v) is 3.92. The number of rotatable bonds is 7. The minimum absolute atomic E-state index is 0.0663. The Morgan fingerprint density at radius 1 is 0.962 bits per heavy atom. The summed E-state index contributed by atoms with van der Waals surface area (Å²) in [6.07, 6.45) is 0.986. The van der Waals surface area contributed by atoms with Gasteiger partial charge in [-0.15, -0.1) is 0 Å². The third-order valence-electron chi connectivity index (χ3n) is 3.92. The molecular formula is C21H26N2O3. The normalized spacial score (nSPS) is 11.7. The molecule has 0 aromatic heterocycles. The highest BCUT2D eigenvalue weighted by Gasteiger charge is 2.10. The lowest BCUT2D eigenvalue weighted by Gasteiger charge is -2.13. The Labute approximate surface area is 154 Å². The molecular weight excluding hydrogens is 328 g/mol. The van der Waals surface area contributed by atoms with Crippen molar-refractivity contribution < 1.29 is 14.3 Å². The zero-order valence-corrected chi connectivity index (χ0v) is 15.7. The van der Waals surface area contributed by atoms with Gasteiger partial charge >= 0.3 is 0 Å². The molecule has 0 spiro atoms. The van der Waals surface area contributed by atoms with Crippen molar-refractivity contribution in [3.63, 3.8) is 0 Å². The molecule has 0 saturated heterocycles. The summed E-state index contributed by atoms with van der Waals surface area (Å²) in [4.78, 5) is 24.3. The fraction of sp³-hybridized carbons (Fsp3) is 0.333. The Balaban J connectivity index is 2.08. The lowest BCUT2D eigenvalue weighted by atomic mass is 10.1. The molecule has 0 bridgehead atoms. The molecule has 2 aromatic carbocycles. The molecule has 5 heteroatoms. The van der Waals surface area contributed by atoms with Gasteiger partial charge in [0, 0.05) is 22.9 Å². The molecule has 0 saturated carbocycles. The minimum Gasteiger partial charge on any atom is -0.491 e. The van der Waals surface area contributed by atoms with E-state index in [0.29, 0.717) is 22.7 Å². The van der Waals surface area contributed by atoms with E-state index >= 15 is 0 Å². The van der Waals surface area contributed by atoms with Gasteiger partial charge in [-0.3, -0.25) is 9.59 Å². The Morgan fingerprint density at radius 2 is 1.62 bits per heavy atom. The number of nitrogens with one attached hydrogen (secondary N) is 2. The number of carbonyl (C=O) groups excluding carboxylic acids is 2. The van der Waals surface area contributed by atoms with Crippen LogP contribution < -0.4 is 15.4 Å². The second kappa shape index (κ2) is 9.04. The van der Waals surface area contributed by atoms with E-state index in [1.54, 1.807) is 42.5 Å². The maximum Gasteiger partial charge on any atom is 0.255 e. The predicted octanol–water partition coefficient (Wildman–Crippen LogP) is 4.71. The molecule has 2 aromatic rings. The van der Waals surface area contributed by atoms with E-state index in [4.69, 9.17) is 4.74 Å². The Bertz CT molecular complexity index is 771. The summed E-state index contributed by atoms with van der Waals surface area (Å²) in [7, 11) is 0. The third kappa shape index (κ3) is 5.62. The summed E-state index contributed by atoms with van der Waals surface area (Å²) in [5, 5.41) is 5.67. The highest BCUT2D eigenvalue weighted by molar-refractivity contribution is 6.05. The highest BCUT2D eigenvalue weighted by atomic mass is 16.5. The van der Waals surface area contributed by atoms with Gasteiger partial charge in [-0.05, 0) is 49.7 Å². The zero-order chi connectivity index (χ0) is 19.1. The van der Waals surface area contributed by atoms with Crippen LogP contribution in [0.25, 0.3) is 0 Å². The molecule has 138 valence electrons. The maximum absolute atomic E-state index is 12.5. The van der Waals surface area contributed by atoms with Crippen LogP contribution in [-0.4, -0.2) is 17.9 Å². The highest BCUT2D eigenvalue weighted by Crippen LogP contribution is 2.19. The van der Waals surface area contributed by atoms with Crippen molar-refractivity contribution in [3.05, 3.63) is 54.1 Å². The van der Waals surface area contributed by atoms with Gasteiger partial charge in [0.15, 0.2) is 0 Å². The van der Waals surface area contributed by atoms with Gasteiger partial charge < -0.3 is 15.4 Å². The molecule has 0 radical (unpaired) electrons. The second-order valence-electron chi connectivity index (χ2n) is 6.54. The van der Waals surface area contributed by atoms with Gasteiger partial charge in [0.25, 0.3) is 5.91 Å². The lowest BCUT2D eigenvalue weighted by molar-refractivity contribution is -0.118. The molecule has 0 unspecified atom stereocenters. The van der Waals surface area contributed by atoms with Crippen LogP contribution in [0.2, 0.25) is 0 Å². The molecule has 26 heavy (non-hydrogen) atoms. The summed E-state index contributed by atoms with van der Waals surface area (Å²) in [6, 6.07) is 14.2. The fourth-order valence-electron chi connectivity index (χ4n) is 2.19. The van der Waals surface area contributed by atoms with E-state index in [-0.39, 0.29) is 23.8 Å². The van der Waals surface area contributed by atoms with Crippen molar-refractivity contribution in [2.24, 2.45) is 5.92 Å². The summed E-state index contributed by atoms with van der Waals surface area (Å²) >= 11 is 0. The van der Waals surface area contributed by atoms with Gasteiger partial charge in [0.2, 0.25) is 5.91 Å².